The van der Waals surface area contributed by atoms with Gasteiger partial charge in [-0.05, 0) is 18.2 Å². The van der Waals surface area contributed by atoms with Crippen molar-refractivity contribution < 1.29 is 23.8 Å². The molecule has 1 N–H and O–H groups in total. The molecule has 0 aliphatic rings. The van der Waals surface area contributed by atoms with Crippen molar-refractivity contribution in [1.29, 1.82) is 0 Å². The van der Waals surface area contributed by atoms with Crippen LogP contribution in [0.15, 0.2) is 46.1 Å². The summed E-state index contributed by atoms with van der Waals surface area (Å²) in [5.41, 5.74) is -1.29. The minimum absolute atomic E-state index is 0.129. The average molecular weight is 260 g/mol. The van der Waals surface area contributed by atoms with Gasteiger partial charge in [-0.2, -0.15) is 0 Å². The molecule has 6 nitrogen and oxygen atoms in total. The van der Waals surface area contributed by atoms with Crippen LogP contribution in [0.1, 0.15) is 10.4 Å². The molecule has 1 aromatic heterocycles. The maximum absolute atomic E-state index is 11.4. The molecule has 1 heterocycles. The fourth-order valence-electron chi connectivity index (χ4n) is 1.46. The molecular formula is C13H8O6. The number of rotatable bonds is 3. The van der Waals surface area contributed by atoms with Gasteiger partial charge in [0.1, 0.15) is 16.9 Å². The van der Waals surface area contributed by atoms with Gasteiger partial charge < -0.3 is 14.3 Å². The smallest absolute Gasteiger partial charge is 0.351 e. The Kier molecular flexibility index (Phi) is 3.15. The Hall–Kier alpha value is -2.89. The molecule has 0 fully saturated rings. The van der Waals surface area contributed by atoms with E-state index in [1.807, 2.05) is 0 Å². The Morgan fingerprint density at radius 1 is 1.32 bits per heavy atom. The highest BCUT2D eigenvalue weighted by Gasteiger charge is 2.12. The predicted octanol–water partition coefficient (Wildman–Crippen LogP) is 1.58. The highest BCUT2D eigenvalue weighted by atomic mass is 16.5. The van der Waals surface area contributed by atoms with E-state index in [1.165, 1.54) is 24.3 Å². The van der Waals surface area contributed by atoms with Gasteiger partial charge in [-0.25, -0.2) is 14.4 Å². The van der Waals surface area contributed by atoms with Crippen LogP contribution in [-0.4, -0.2) is 17.0 Å². The van der Waals surface area contributed by atoms with E-state index < -0.39 is 23.1 Å². The molecule has 2 rings (SSSR count). The first kappa shape index (κ1) is 12.6. The van der Waals surface area contributed by atoms with Crippen LogP contribution >= 0.6 is 0 Å². The molecule has 96 valence electrons. The monoisotopic (exact) mass is 260 g/mol. The molecule has 0 aliphatic heterocycles. The predicted molar refractivity (Wildman–Crippen MR) is 65.3 cm³/mol. The first-order valence-corrected chi connectivity index (χ1v) is 5.16. The first-order chi connectivity index (χ1) is 9.01. The van der Waals surface area contributed by atoms with Gasteiger partial charge in [0.15, 0.2) is 0 Å². The lowest BCUT2D eigenvalue weighted by molar-refractivity contribution is -0.128. The minimum Gasteiger partial charge on any atom is -0.477 e. The van der Waals surface area contributed by atoms with Gasteiger partial charge >= 0.3 is 17.6 Å². The summed E-state index contributed by atoms with van der Waals surface area (Å²) >= 11 is 0. The van der Waals surface area contributed by atoms with Crippen LogP contribution in [0.25, 0.3) is 11.0 Å². The van der Waals surface area contributed by atoms with E-state index in [1.54, 1.807) is 0 Å². The van der Waals surface area contributed by atoms with Crippen LogP contribution in [0.4, 0.5) is 0 Å². The van der Waals surface area contributed by atoms with E-state index in [0.717, 1.165) is 6.08 Å². The third kappa shape index (κ3) is 2.52. The lowest BCUT2D eigenvalue weighted by Crippen LogP contribution is -2.12. The Morgan fingerprint density at radius 3 is 2.68 bits per heavy atom. The number of fused-ring (bicyclic) bond motifs is 1. The number of carboxylic acid groups (broad SMARTS) is 1. The number of carboxylic acids is 1. The van der Waals surface area contributed by atoms with Crippen LogP contribution in [0.3, 0.4) is 0 Å². The fourth-order valence-corrected chi connectivity index (χ4v) is 1.46. The summed E-state index contributed by atoms with van der Waals surface area (Å²) in [6.07, 6.45) is 0.994. The van der Waals surface area contributed by atoms with Crippen LogP contribution in [0, 0.1) is 0 Å². The van der Waals surface area contributed by atoms with Crippen LogP contribution in [-0.2, 0) is 4.79 Å². The van der Waals surface area contributed by atoms with E-state index in [-0.39, 0.29) is 11.3 Å². The molecule has 1 aromatic carbocycles. The zero-order valence-electron chi connectivity index (χ0n) is 9.58. The third-order valence-corrected chi connectivity index (χ3v) is 2.32. The molecule has 0 aliphatic carbocycles. The first-order valence-electron chi connectivity index (χ1n) is 5.16. The Bertz CT molecular complexity index is 740. The summed E-state index contributed by atoms with van der Waals surface area (Å²) in [4.78, 5) is 33.2. The number of carbonyl (C=O) groups is 2. The summed E-state index contributed by atoms with van der Waals surface area (Å²) in [5.74, 6) is -1.84. The maximum Gasteiger partial charge on any atom is 0.351 e. The molecule has 0 atom stereocenters. The average Bonchev–Trinajstić information content (AvgIpc) is 2.37. The van der Waals surface area contributed by atoms with Gasteiger partial charge in [0.2, 0.25) is 0 Å². The van der Waals surface area contributed by atoms with E-state index >= 15 is 0 Å². The molecule has 0 unspecified atom stereocenters. The number of esters is 1. The normalized spacial score (nSPS) is 10.1. The van der Waals surface area contributed by atoms with Crippen molar-refractivity contribution in [1.82, 2.24) is 0 Å². The van der Waals surface area contributed by atoms with Crippen molar-refractivity contribution in [2.45, 2.75) is 0 Å². The van der Waals surface area contributed by atoms with E-state index in [0.29, 0.717) is 5.39 Å². The molecule has 0 saturated heterocycles. The van der Waals surface area contributed by atoms with Crippen molar-refractivity contribution in [3.05, 3.63) is 52.9 Å². The Labute approximate surface area is 106 Å². The Morgan fingerprint density at radius 2 is 2.05 bits per heavy atom. The van der Waals surface area contributed by atoms with Gasteiger partial charge in [-0.15, -0.1) is 0 Å². The molecule has 0 saturated carbocycles. The lowest BCUT2D eigenvalue weighted by Gasteiger charge is -2.03. The minimum atomic E-state index is -1.36. The molecular weight excluding hydrogens is 252 g/mol. The summed E-state index contributed by atoms with van der Waals surface area (Å²) in [6, 6.07) is 5.46. The van der Waals surface area contributed by atoms with Crippen molar-refractivity contribution in [2.75, 3.05) is 0 Å². The lowest BCUT2D eigenvalue weighted by atomic mass is 10.2. The second kappa shape index (κ2) is 4.77. The maximum atomic E-state index is 11.4. The second-order valence-corrected chi connectivity index (χ2v) is 3.58. The van der Waals surface area contributed by atoms with Crippen LogP contribution < -0.4 is 10.4 Å². The van der Waals surface area contributed by atoms with Gasteiger partial charge in [0, 0.05) is 17.5 Å². The summed E-state index contributed by atoms with van der Waals surface area (Å²) in [7, 11) is 0. The SMILES string of the molecule is C=CC(=O)Oc1ccc2cc(C(=O)O)c(=O)oc2c1. The number of carbonyl (C=O) groups excluding carboxylic acids is 1. The zero-order chi connectivity index (χ0) is 14.0. The standard InChI is InChI=1S/C13H8O6/c1-2-11(14)18-8-4-3-7-5-9(12(15)16)13(17)19-10(7)6-8/h2-6H,1H2,(H,15,16). The van der Waals surface area contributed by atoms with Gasteiger partial charge in [0.05, 0.1) is 0 Å². The van der Waals surface area contributed by atoms with Crippen molar-refractivity contribution >= 4 is 22.9 Å². The van der Waals surface area contributed by atoms with E-state index in [4.69, 9.17) is 14.3 Å². The summed E-state index contributed by atoms with van der Waals surface area (Å²) in [6.45, 7) is 3.25. The van der Waals surface area contributed by atoms with Crippen LogP contribution in [0.5, 0.6) is 5.75 Å². The quantitative estimate of drug-likeness (QED) is 0.389. The van der Waals surface area contributed by atoms with E-state index in [9.17, 15) is 14.4 Å². The Balaban J connectivity index is 2.53. The molecule has 19 heavy (non-hydrogen) atoms. The molecule has 6 heteroatoms. The van der Waals surface area contributed by atoms with Gasteiger partial charge in [-0.3, -0.25) is 0 Å². The van der Waals surface area contributed by atoms with Crippen molar-refractivity contribution in [3.63, 3.8) is 0 Å². The number of benzene rings is 1. The zero-order valence-corrected chi connectivity index (χ0v) is 9.58. The topological polar surface area (TPSA) is 93.8 Å². The fraction of sp³-hybridized carbons (Fsp3) is 0. The number of ether oxygens (including phenoxy) is 1. The van der Waals surface area contributed by atoms with Crippen molar-refractivity contribution in [2.24, 2.45) is 0 Å². The summed E-state index contributed by atoms with van der Waals surface area (Å²) < 4.78 is 9.71. The van der Waals surface area contributed by atoms with Gasteiger partial charge in [0.25, 0.3) is 0 Å². The van der Waals surface area contributed by atoms with E-state index in [2.05, 4.69) is 6.58 Å². The highest BCUT2D eigenvalue weighted by molar-refractivity contribution is 5.92. The molecule has 0 amide bonds. The number of hydrogen-bond acceptors (Lipinski definition) is 5. The van der Waals surface area contributed by atoms with Crippen molar-refractivity contribution in [3.8, 4) is 5.75 Å². The number of aromatic carboxylic acids is 1. The summed E-state index contributed by atoms with van der Waals surface area (Å²) in [5, 5.41) is 9.20. The number of hydrogen-bond donors (Lipinski definition) is 1. The third-order valence-electron chi connectivity index (χ3n) is 2.32. The molecule has 0 spiro atoms. The second-order valence-electron chi connectivity index (χ2n) is 3.58. The van der Waals surface area contributed by atoms with Gasteiger partial charge in [-0.1, -0.05) is 6.58 Å². The highest BCUT2D eigenvalue weighted by Crippen LogP contribution is 2.20. The molecule has 0 radical (unpaired) electrons. The molecule has 0 bridgehead atoms. The van der Waals surface area contributed by atoms with Crippen LogP contribution in [0.2, 0.25) is 0 Å². The largest absolute Gasteiger partial charge is 0.477 e. The molecule has 2 aromatic rings.